The van der Waals surface area contributed by atoms with Gasteiger partial charge in [0.2, 0.25) is 0 Å². The number of rotatable bonds is 2. The fraction of sp³-hybridized carbons (Fsp3) is 0.364. The lowest BCUT2D eigenvalue weighted by Gasteiger charge is -2.13. The van der Waals surface area contributed by atoms with Crippen molar-refractivity contribution < 1.29 is 27.1 Å². The molecule has 1 aromatic carbocycles. The van der Waals surface area contributed by atoms with Crippen LogP contribution in [0.15, 0.2) is 18.2 Å². The Labute approximate surface area is 95.2 Å². The molecule has 0 fully saturated rings. The second-order valence-corrected chi connectivity index (χ2v) is 3.64. The smallest absolute Gasteiger partial charge is 0.417 e. The number of carbonyl (C=O) groups excluding carboxylic acids is 1. The summed E-state index contributed by atoms with van der Waals surface area (Å²) in [5.74, 6) is -2.18. The minimum absolute atomic E-state index is 0.275. The highest BCUT2D eigenvalue weighted by atomic mass is 19.4. The maximum atomic E-state index is 12.8. The molecule has 0 spiro atoms. The van der Waals surface area contributed by atoms with E-state index < -0.39 is 35.2 Å². The van der Waals surface area contributed by atoms with Crippen LogP contribution >= 0.6 is 0 Å². The van der Waals surface area contributed by atoms with Crippen LogP contribution < -0.4 is 0 Å². The van der Waals surface area contributed by atoms with Gasteiger partial charge in [-0.2, -0.15) is 13.2 Å². The van der Waals surface area contributed by atoms with E-state index >= 15 is 0 Å². The Kier molecular flexibility index (Phi) is 3.75. The largest absolute Gasteiger partial charge is 0.459 e. The van der Waals surface area contributed by atoms with Crippen LogP contribution in [-0.4, -0.2) is 12.1 Å². The van der Waals surface area contributed by atoms with Crippen LogP contribution in [0.5, 0.6) is 0 Å². The number of ether oxygens (including phenoxy) is 1. The number of alkyl halides is 3. The van der Waals surface area contributed by atoms with Crippen LogP contribution in [0.4, 0.5) is 17.6 Å². The van der Waals surface area contributed by atoms with E-state index in [-0.39, 0.29) is 6.07 Å². The average molecular weight is 250 g/mol. The highest BCUT2D eigenvalue weighted by Gasteiger charge is 2.36. The molecule has 17 heavy (non-hydrogen) atoms. The number of halogens is 4. The van der Waals surface area contributed by atoms with Gasteiger partial charge in [0.1, 0.15) is 5.82 Å². The average Bonchev–Trinajstić information content (AvgIpc) is 2.14. The molecule has 0 radical (unpaired) electrons. The summed E-state index contributed by atoms with van der Waals surface area (Å²) >= 11 is 0. The number of benzene rings is 1. The van der Waals surface area contributed by atoms with Gasteiger partial charge in [0.05, 0.1) is 17.2 Å². The third kappa shape index (κ3) is 3.44. The van der Waals surface area contributed by atoms with E-state index in [1.54, 1.807) is 0 Å². The normalized spacial score (nSPS) is 11.7. The molecule has 0 bridgehead atoms. The van der Waals surface area contributed by atoms with Crippen molar-refractivity contribution in [2.45, 2.75) is 26.1 Å². The van der Waals surface area contributed by atoms with Crippen LogP contribution in [0.3, 0.4) is 0 Å². The minimum Gasteiger partial charge on any atom is -0.459 e. The van der Waals surface area contributed by atoms with E-state index in [1.807, 2.05) is 0 Å². The molecule has 2 nitrogen and oxygen atoms in total. The van der Waals surface area contributed by atoms with E-state index in [0.29, 0.717) is 0 Å². The maximum absolute atomic E-state index is 12.8. The van der Waals surface area contributed by atoms with Crippen LogP contribution in [0.25, 0.3) is 0 Å². The summed E-state index contributed by atoms with van der Waals surface area (Å²) in [6, 6.07) is 1.83. The number of hydrogen-bond donors (Lipinski definition) is 0. The van der Waals surface area contributed by atoms with Crippen molar-refractivity contribution in [1.29, 1.82) is 0 Å². The van der Waals surface area contributed by atoms with E-state index in [4.69, 9.17) is 0 Å². The van der Waals surface area contributed by atoms with Gasteiger partial charge >= 0.3 is 12.1 Å². The Hall–Kier alpha value is -1.59. The Morgan fingerprint density at radius 1 is 1.29 bits per heavy atom. The molecule has 1 rings (SSSR count). The third-order valence-electron chi connectivity index (χ3n) is 1.85. The van der Waals surface area contributed by atoms with Crippen molar-refractivity contribution in [3.63, 3.8) is 0 Å². The molecular weight excluding hydrogens is 240 g/mol. The summed E-state index contributed by atoms with van der Waals surface area (Å²) in [6.45, 7) is 3.02. The second kappa shape index (κ2) is 4.73. The SMILES string of the molecule is CC(C)OC(=O)c1ccc(F)cc1C(F)(F)F. The van der Waals surface area contributed by atoms with Gasteiger partial charge in [0, 0.05) is 0 Å². The van der Waals surface area contributed by atoms with Crippen LogP contribution in [0.1, 0.15) is 29.8 Å². The summed E-state index contributed by atoms with van der Waals surface area (Å²) < 4.78 is 55.1. The second-order valence-electron chi connectivity index (χ2n) is 3.64. The van der Waals surface area contributed by atoms with Gasteiger partial charge in [0.15, 0.2) is 0 Å². The quantitative estimate of drug-likeness (QED) is 0.594. The number of esters is 1. The Balaban J connectivity index is 3.20. The Morgan fingerprint density at radius 2 is 1.88 bits per heavy atom. The van der Waals surface area contributed by atoms with Crippen LogP contribution in [-0.2, 0) is 10.9 Å². The molecule has 6 heteroatoms. The fourth-order valence-electron chi connectivity index (χ4n) is 1.21. The lowest BCUT2D eigenvalue weighted by atomic mass is 10.1. The van der Waals surface area contributed by atoms with Gasteiger partial charge in [-0.1, -0.05) is 0 Å². The first-order valence-electron chi connectivity index (χ1n) is 4.79. The zero-order valence-electron chi connectivity index (χ0n) is 9.14. The van der Waals surface area contributed by atoms with Crippen molar-refractivity contribution >= 4 is 5.97 Å². The molecule has 0 amide bonds. The van der Waals surface area contributed by atoms with E-state index in [9.17, 15) is 22.4 Å². The monoisotopic (exact) mass is 250 g/mol. The van der Waals surface area contributed by atoms with Crippen molar-refractivity contribution in [1.82, 2.24) is 0 Å². The van der Waals surface area contributed by atoms with Crippen LogP contribution in [0.2, 0.25) is 0 Å². The van der Waals surface area contributed by atoms with Crippen LogP contribution in [0, 0.1) is 5.82 Å². The summed E-state index contributed by atoms with van der Waals surface area (Å²) in [4.78, 5) is 11.4. The molecule has 0 unspecified atom stereocenters. The predicted octanol–water partition coefficient (Wildman–Crippen LogP) is 3.41. The van der Waals surface area contributed by atoms with E-state index in [2.05, 4.69) is 4.74 Å². The van der Waals surface area contributed by atoms with Crippen molar-refractivity contribution in [3.05, 3.63) is 35.1 Å². The third-order valence-corrected chi connectivity index (χ3v) is 1.85. The fourth-order valence-corrected chi connectivity index (χ4v) is 1.21. The molecule has 0 N–H and O–H groups in total. The summed E-state index contributed by atoms with van der Waals surface area (Å²) in [7, 11) is 0. The first-order chi connectivity index (χ1) is 7.71. The maximum Gasteiger partial charge on any atom is 0.417 e. The molecule has 94 valence electrons. The van der Waals surface area contributed by atoms with Gasteiger partial charge in [0.25, 0.3) is 0 Å². The summed E-state index contributed by atoms with van der Waals surface area (Å²) in [5, 5.41) is 0. The number of hydrogen-bond acceptors (Lipinski definition) is 2. The predicted molar refractivity (Wildman–Crippen MR) is 52.0 cm³/mol. The molecule has 0 aliphatic rings. The van der Waals surface area contributed by atoms with Gasteiger partial charge in [-0.3, -0.25) is 0 Å². The van der Waals surface area contributed by atoms with Crippen molar-refractivity contribution in [2.75, 3.05) is 0 Å². The van der Waals surface area contributed by atoms with Crippen molar-refractivity contribution in [3.8, 4) is 0 Å². The van der Waals surface area contributed by atoms with E-state index in [0.717, 1.165) is 12.1 Å². The molecule has 1 aromatic rings. The zero-order valence-corrected chi connectivity index (χ0v) is 9.14. The lowest BCUT2D eigenvalue weighted by Crippen LogP contribution is -2.18. The van der Waals surface area contributed by atoms with Crippen molar-refractivity contribution in [2.24, 2.45) is 0 Å². The molecule has 0 aromatic heterocycles. The molecular formula is C11H10F4O2. The lowest BCUT2D eigenvalue weighted by molar-refractivity contribution is -0.138. The minimum atomic E-state index is -4.80. The van der Waals surface area contributed by atoms with Gasteiger partial charge < -0.3 is 4.74 Å². The topological polar surface area (TPSA) is 26.3 Å². The summed E-state index contributed by atoms with van der Waals surface area (Å²) in [6.07, 6.45) is -5.35. The van der Waals surface area contributed by atoms with Gasteiger partial charge in [-0.15, -0.1) is 0 Å². The summed E-state index contributed by atoms with van der Waals surface area (Å²) in [5.41, 5.74) is -2.02. The Morgan fingerprint density at radius 3 is 2.35 bits per heavy atom. The van der Waals surface area contributed by atoms with Gasteiger partial charge in [-0.25, -0.2) is 9.18 Å². The number of carbonyl (C=O) groups is 1. The zero-order chi connectivity index (χ0) is 13.2. The molecule has 0 saturated heterocycles. The molecule has 0 aliphatic heterocycles. The van der Waals surface area contributed by atoms with E-state index in [1.165, 1.54) is 13.8 Å². The molecule has 0 heterocycles. The first kappa shape index (κ1) is 13.5. The standard InChI is InChI=1S/C11H10F4O2/c1-6(2)17-10(16)8-4-3-7(12)5-9(8)11(13,14)15/h3-6H,1-2H3. The van der Waals surface area contributed by atoms with Gasteiger partial charge in [-0.05, 0) is 32.0 Å². The molecule has 0 aliphatic carbocycles. The highest BCUT2D eigenvalue weighted by molar-refractivity contribution is 5.91. The Bertz CT molecular complexity index is 424. The highest BCUT2D eigenvalue weighted by Crippen LogP contribution is 2.32. The molecule has 0 atom stereocenters. The molecule has 0 saturated carbocycles. The first-order valence-corrected chi connectivity index (χ1v) is 4.79.